The van der Waals surface area contributed by atoms with E-state index in [1.807, 2.05) is 0 Å². The number of aryl methyl sites for hydroxylation is 1. The van der Waals surface area contributed by atoms with Crippen LogP contribution in [-0.4, -0.2) is 18.1 Å². The maximum Gasteiger partial charge on any atom is 0.341 e. The summed E-state index contributed by atoms with van der Waals surface area (Å²) in [6.45, 7) is 1.55. The standard InChI is InChI=1S/C8H7ClFNO2/c1-4-6(8(12)13-2)7(9)5(10)3-11-4/h3H,1-2H3. The van der Waals surface area contributed by atoms with Crippen molar-refractivity contribution in [2.24, 2.45) is 0 Å². The molecule has 5 heteroatoms. The molecule has 0 N–H and O–H groups in total. The quantitative estimate of drug-likeness (QED) is 0.655. The number of methoxy groups -OCH3 is 1. The lowest BCUT2D eigenvalue weighted by Gasteiger charge is -2.04. The van der Waals surface area contributed by atoms with Crippen molar-refractivity contribution in [3.63, 3.8) is 0 Å². The van der Waals surface area contributed by atoms with E-state index < -0.39 is 11.8 Å². The number of esters is 1. The van der Waals surface area contributed by atoms with Crippen LogP contribution in [0.1, 0.15) is 16.1 Å². The minimum Gasteiger partial charge on any atom is -0.465 e. The fourth-order valence-corrected chi connectivity index (χ4v) is 1.16. The normalized spacial score (nSPS) is 9.85. The molecule has 0 unspecified atom stereocenters. The minimum atomic E-state index is -0.729. The van der Waals surface area contributed by atoms with Gasteiger partial charge in [-0.3, -0.25) is 4.98 Å². The summed E-state index contributed by atoms with van der Waals surface area (Å²) < 4.78 is 17.3. The van der Waals surface area contributed by atoms with Crippen molar-refractivity contribution in [3.8, 4) is 0 Å². The SMILES string of the molecule is COC(=O)c1c(C)ncc(F)c1Cl. The number of halogens is 2. The zero-order chi connectivity index (χ0) is 10.0. The van der Waals surface area contributed by atoms with Crippen molar-refractivity contribution in [2.75, 3.05) is 7.11 Å². The van der Waals surface area contributed by atoms with Crippen LogP contribution in [0.5, 0.6) is 0 Å². The summed E-state index contributed by atoms with van der Waals surface area (Å²) in [5.41, 5.74) is 0.322. The molecule has 0 fully saturated rings. The molecule has 0 saturated heterocycles. The molecule has 0 amide bonds. The summed E-state index contributed by atoms with van der Waals surface area (Å²) in [6.07, 6.45) is 0.962. The highest BCUT2D eigenvalue weighted by Gasteiger charge is 2.17. The van der Waals surface area contributed by atoms with Gasteiger partial charge in [0, 0.05) is 0 Å². The first-order chi connectivity index (χ1) is 6.07. The van der Waals surface area contributed by atoms with Crippen molar-refractivity contribution in [2.45, 2.75) is 6.92 Å². The van der Waals surface area contributed by atoms with E-state index in [-0.39, 0.29) is 10.6 Å². The van der Waals surface area contributed by atoms with Gasteiger partial charge >= 0.3 is 5.97 Å². The van der Waals surface area contributed by atoms with Gasteiger partial charge in [0.05, 0.1) is 24.0 Å². The van der Waals surface area contributed by atoms with E-state index >= 15 is 0 Å². The van der Waals surface area contributed by atoms with Crippen LogP contribution in [0.15, 0.2) is 6.20 Å². The molecule has 1 aromatic rings. The Hall–Kier alpha value is -1.16. The first kappa shape index (κ1) is 9.92. The van der Waals surface area contributed by atoms with Crippen LogP contribution >= 0.6 is 11.6 Å². The fraction of sp³-hybridized carbons (Fsp3) is 0.250. The van der Waals surface area contributed by atoms with E-state index in [1.54, 1.807) is 6.92 Å². The van der Waals surface area contributed by atoms with Gasteiger partial charge in [-0.1, -0.05) is 11.6 Å². The second-order valence-electron chi connectivity index (χ2n) is 2.37. The first-order valence-corrected chi connectivity index (χ1v) is 3.84. The maximum atomic E-state index is 12.9. The van der Waals surface area contributed by atoms with Gasteiger partial charge in [-0.2, -0.15) is 0 Å². The fourth-order valence-electron chi connectivity index (χ4n) is 0.892. The maximum absolute atomic E-state index is 12.9. The molecule has 0 bridgehead atoms. The summed E-state index contributed by atoms with van der Waals surface area (Å²) in [5, 5.41) is -0.251. The molecule has 70 valence electrons. The molecule has 1 aromatic heterocycles. The highest BCUT2D eigenvalue weighted by molar-refractivity contribution is 6.33. The van der Waals surface area contributed by atoms with E-state index in [4.69, 9.17) is 11.6 Å². The molecule has 0 aliphatic rings. The van der Waals surface area contributed by atoms with E-state index in [2.05, 4.69) is 9.72 Å². The Morgan fingerprint density at radius 3 is 2.85 bits per heavy atom. The molecule has 0 atom stereocenters. The lowest BCUT2D eigenvalue weighted by Crippen LogP contribution is -2.07. The molecular formula is C8H7ClFNO2. The number of aromatic nitrogens is 1. The van der Waals surface area contributed by atoms with Gasteiger partial charge in [-0.15, -0.1) is 0 Å². The Morgan fingerprint density at radius 2 is 2.31 bits per heavy atom. The Kier molecular flexibility index (Phi) is 2.83. The molecule has 0 aliphatic heterocycles. The van der Waals surface area contributed by atoms with E-state index in [0.29, 0.717) is 5.69 Å². The van der Waals surface area contributed by atoms with Gasteiger partial charge < -0.3 is 4.74 Å². The predicted octanol–water partition coefficient (Wildman–Crippen LogP) is 1.97. The zero-order valence-corrected chi connectivity index (χ0v) is 7.85. The number of hydrogen-bond acceptors (Lipinski definition) is 3. The van der Waals surface area contributed by atoms with Crippen LogP contribution < -0.4 is 0 Å². The Labute approximate surface area is 79.5 Å². The molecule has 0 spiro atoms. The molecule has 0 aromatic carbocycles. The van der Waals surface area contributed by atoms with Gasteiger partial charge in [0.2, 0.25) is 0 Å². The van der Waals surface area contributed by atoms with Gasteiger partial charge in [0.25, 0.3) is 0 Å². The van der Waals surface area contributed by atoms with Crippen LogP contribution in [0, 0.1) is 12.7 Å². The molecule has 1 rings (SSSR count). The predicted molar refractivity (Wildman–Crippen MR) is 45.3 cm³/mol. The number of carbonyl (C=O) groups is 1. The largest absolute Gasteiger partial charge is 0.465 e. The van der Waals surface area contributed by atoms with Crippen LogP contribution in [0.3, 0.4) is 0 Å². The van der Waals surface area contributed by atoms with Gasteiger partial charge in [-0.05, 0) is 6.92 Å². The average molecular weight is 204 g/mol. The molecule has 0 radical (unpaired) electrons. The molecule has 0 aliphatic carbocycles. The second kappa shape index (κ2) is 3.70. The third-order valence-corrected chi connectivity index (χ3v) is 1.92. The first-order valence-electron chi connectivity index (χ1n) is 3.46. The third-order valence-electron chi connectivity index (χ3n) is 1.55. The Bertz CT molecular complexity index is 354. The van der Waals surface area contributed by atoms with E-state index in [0.717, 1.165) is 6.20 Å². The highest BCUT2D eigenvalue weighted by Crippen LogP contribution is 2.21. The number of rotatable bonds is 1. The average Bonchev–Trinajstić information content (AvgIpc) is 2.12. The van der Waals surface area contributed by atoms with Gasteiger partial charge in [0.15, 0.2) is 5.82 Å². The van der Waals surface area contributed by atoms with Crippen LogP contribution in [0.2, 0.25) is 5.02 Å². The van der Waals surface area contributed by atoms with Crippen LogP contribution in [0.25, 0.3) is 0 Å². The zero-order valence-electron chi connectivity index (χ0n) is 7.10. The van der Waals surface area contributed by atoms with Crippen LogP contribution in [0.4, 0.5) is 4.39 Å². The van der Waals surface area contributed by atoms with Gasteiger partial charge in [0.1, 0.15) is 5.56 Å². The van der Waals surface area contributed by atoms with Crippen molar-refractivity contribution in [1.29, 1.82) is 0 Å². The van der Waals surface area contributed by atoms with Crippen molar-refractivity contribution >= 4 is 17.6 Å². The number of pyridine rings is 1. The monoisotopic (exact) mass is 203 g/mol. The van der Waals surface area contributed by atoms with Crippen molar-refractivity contribution in [1.82, 2.24) is 4.98 Å². The summed E-state index contributed by atoms with van der Waals surface area (Å²) >= 11 is 5.56. The number of carbonyl (C=O) groups excluding carboxylic acids is 1. The smallest absolute Gasteiger partial charge is 0.341 e. The number of hydrogen-bond donors (Lipinski definition) is 0. The Balaban J connectivity index is 3.33. The lowest BCUT2D eigenvalue weighted by atomic mass is 10.2. The summed E-state index contributed by atoms with van der Waals surface area (Å²) in [7, 11) is 1.20. The topological polar surface area (TPSA) is 39.2 Å². The molecule has 0 saturated carbocycles. The summed E-state index contributed by atoms with van der Waals surface area (Å²) in [5.74, 6) is -1.41. The van der Waals surface area contributed by atoms with Crippen molar-refractivity contribution < 1.29 is 13.9 Å². The lowest BCUT2D eigenvalue weighted by molar-refractivity contribution is 0.0599. The highest BCUT2D eigenvalue weighted by atomic mass is 35.5. The number of ether oxygens (including phenoxy) is 1. The minimum absolute atomic E-state index is 0.0239. The van der Waals surface area contributed by atoms with E-state index in [9.17, 15) is 9.18 Å². The van der Waals surface area contributed by atoms with Crippen molar-refractivity contribution in [3.05, 3.63) is 28.3 Å². The summed E-state index contributed by atoms with van der Waals surface area (Å²) in [6, 6.07) is 0. The summed E-state index contributed by atoms with van der Waals surface area (Å²) in [4.78, 5) is 14.7. The molecular weight excluding hydrogens is 197 g/mol. The Morgan fingerprint density at radius 1 is 1.69 bits per heavy atom. The molecule has 13 heavy (non-hydrogen) atoms. The second-order valence-corrected chi connectivity index (χ2v) is 2.75. The number of nitrogens with zero attached hydrogens (tertiary/aromatic N) is 1. The van der Waals surface area contributed by atoms with Crippen LogP contribution in [-0.2, 0) is 4.74 Å². The third kappa shape index (κ3) is 1.78. The molecule has 3 nitrogen and oxygen atoms in total. The van der Waals surface area contributed by atoms with E-state index in [1.165, 1.54) is 7.11 Å². The molecule has 1 heterocycles. The van der Waals surface area contributed by atoms with Gasteiger partial charge in [-0.25, -0.2) is 9.18 Å².